The molecule has 0 saturated carbocycles. The Morgan fingerprint density at radius 1 is 1.71 bits per heavy atom. The summed E-state index contributed by atoms with van der Waals surface area (Å²) in [6, 6.07) is 1.58. The van der Waals surface area contributed by atoms with Gasteiger partial charge in [0, 0.05) is 23.6 Å². The van der Waals surface area contributed by atoms with E-state index in [1.54, 1.807) is 6.04 Å². The van der Waals surface area contributed by atoms with Crippen LogP contribution in [0.5, 0.6) is 0 Å². The molecule has 0 aliphatic carbocycles. The van der Waals surface area contributed by atoms with Crippen LogP contribution in [0.3, 0.4) is 0 Å². The van der Waals surface area contributed by atoms with Crippen molar-refractivity contribution in [1.29, 1.82) is 0 Å². The molecule has 0 aromatic heterocycles. The Kier molecular flexibility index (Phi) is 0.837. The van der Waals surface area contributed by atoms with Crippen LogP contribution in [0.4, 0.5) is 0 Å². The highest BCUT2D eigenvalue weighted by molar-refractivity contribution is 8.00. The van der Waals surface area contributed by atoms with Crippen molar-refractivity contribution in [3.63, 3.8) is 0 Å². The molecule has 0 aromatic rings. The van der Waals surface area contributed by atoms with E-state index < -0.39 is 0 Å². The quantitative estimate of drug-likeness (QED) is 0.495. The molecule has 2 bridgehead atoms. The average Bonchev–Trinajstić information content (AvgIpc) is 2.22. The minimum Gasteiger partial charge on any atom is -0.308 e. The van der Waals surface area contributed by atoms with Gasteiger partial charge in [0.15, 0.2) is 0 Å². The van der Waals surface area contributed by atoms with Crippen LogP contribution < -0.4 is 5.32 Å². The van der Waals surface area contributed by atoms with Crippen molar-refractivity contribution < 1.29 is 0 Å². The SMILES string of the molecule is C1SC2CN[C]1C2. The molecular formula is C5H8NS. The highest BCUT2D eigenvalue weighted by atomic mass is 32.2. The van der Waals surface area contributed by atoms with E-state index in [-0.39, 0.29) is 0 Å². The summed E-state index contributed by atoms with van der Waals surface area (Å²) in [4.78, 5) is 0. The summed E-state index contributed by atoms with van der Waals surface area (Å²) in [5.74, 6) is 1.28. The van der Waals surface area contributed by atoms with Gasteiger partial charge in [0.05, 0.1) is 0 Å². The van der Waals surface area contributed by atoms with Crippen LogP contribution in [0.15, 0.2) is 0 Å². The Morgan fingerprint density at radius 3 is 2.86 bits per heavy atom. The summed E-state index contributed by atoms with van der Waals surface area (Å²) < 4.78 is 0. The van der Waals surface area contributed by atoms with Crippen molar-refractivity contribution in [2.75, 3.05) is 12.3 Å². The molecule has 1 nitrogen and oxygen atoms in total. The van der Waals surface area contributed by atoms with Crippen LogP contribution in [-0.4, -0.2) is 17.5 Å². The third kappa shape index (κ3) is 0.572. The molecule has 2 aliphatic heterocycles. The van der Waals surface area contributed by atoms with E-state index in [0.29, 0.717) is 0 Å². The number of rotatable bonds is 0. The lowest BCUT2D eigenvalue weighted by Gasteiger charge is -2.07. The van der Waals surface area contributed by atoms with Crippen molar-refractivity contribution in [2.45, 2.75) is 11.7 Å². The Balaban J connectivity index is 2.12. The summed E-state index contributed by atoms with van der Waals surface area (Å²) in [6.07, 6.45) is 1.35. The summed E-state index contributed by atoms with van der Waals surface area (Å²) in [6.45, 7) is 1.24. The van der Waals surface area contributed by atoms with Gasteiger partial charge in [0.2, 0.25) is 0 Å². The molecule has 2 heteroatoms. The van der Waals surface area contributed by atoms with Crippen LogP contribution in [0.25, 0.3) is 0 Å². The minimum atomic E-state index is 0.940. The molecule has 1 N–H and O–H groups in total. The highest BCUT2D eigenvalue weighted by Gasteiger charge is 2.31. The van der Waals surface area contributed by atoms with E-state index in [9.17, 15) is 0 Å². The van der Waals surface area contributed by atoms with E-state index in [4.69, 9.17) is 0 Å². The number of hydrogen-bond acceptors (Lipinski definition) is 2. The molecule has 2 aliphatic rings. The van der Waals surface area contributed by atoms with E-state index in [0.717, 1.165) is 5.25 Å². The maximum atomic E-state index is 3.35. The van der Waals surface area contributed by atoms with Gasteiger partial charge in [-0.15, -0.1) is 0 Å². The van der Waals surface area contributed by atoms with Crippen LogP contribution in [0, 0.1) is 6.04 Å². The third-order valence-corrected chi connectivity index (χ3v) is 2.87. The summed E-state index contributed by atoms with van der Waals surface area (Å²) >= 11 is 2.09. The first-order chi connectivity index (χ1) is 3.45. The molecule has 2 fully saturated rings. The maximum absolute atomic E-state index is 3.35. The topological polar surface area (TPSA) is 12.0 Å². The molecule has 39 valence electrons. The summed E-state index contributed by atoms with van der Waals surface area (Å²) in [7, 11) is 0. The molecule has 1 unspecified atom stereocenters. The normalized spacial score (nSPS) is 40.3. The van der Waals surface area contributed by atoms with E-state index in [1.165, 1.54) is 18.7 Å². The Bertz CT molecular complexity index is 66.1. The lowest BCUT2D eigenvalue weighted by atomic mass is 10.3. The zero-order chi connectivity index (χ0) is 4.69. The Labute approximate surface area is 47.9 Å². The molecule has 2 saturated heterocycles. The van der Waals surface area contributed by atoms with Gasteiger partial charge < -0.3 is 5.32 Å². The molecule has 1 radical (unpaired) electrons. The first kappa shape index (κ1) is 4.21. The van der Waals surface area contributed by atoms with Gasteiger partial charge in [0.1, 0.15) is 0 Å². The highest BCUT2D eigenvalue weighted by Crippen LogP contribution is 2.35. The second-order valence-corrected chi connectivity index (χ2v) is 3.41. The van der Waals surface area contributed by atoms with Gasteiger partial charge in [-0.25, -0.2) is 0 Å². The fraction of sp³-hybridized carbons (Fsp3) is 0.800. The van der Waals surface area contributed by atoms with Crippen LogP contribution >= 0.6 is 11.8 Å². The third-order valence-electron chi connectivity index (χ3n) is 1.55. The van der Waals surface area contributed by atoms with Crippen molar-refractivity contribution in [3.8, 4) is 0 Å². The molecule has 7 heavy (non-hydrogen) atoms. The molecule has 0 aromatic carbocycles. The molecule has 1 atom stereocenters. The number of hydrogen-bond donors (Lipinski definition) is 1. The first-order valence-electron chi connectivity index (χ1n) is 2.65. The van der Waals surface area contributed by atoms with E-state index in [1.807, 2.05) is 0 Å². The Hall–Kier alpha value is 0.310. The second-order valence-electron chi connectivity index (χ2n) is 2.12. The van der Waals surface area contributed by atoms with Crippen molar-refractivity contribution in [1.82, 2.24) is 5.32 Å². The standard InChI is InChI=1S/C5H8NS/c1-4-3-7-5(1)2-6-4/h5-6H,1-3H2. The second kappa shape index (κ2) is 1.39. The smallest absolute Gasteiger partial charge is 0.0475 e. The van der Waals surface area contributed by atoms with Crippen molar-refractivity contribution in [2.24, 2.45) is 0 Å². The van der Waals surface area contributed by atoms with Crippen molar-refractivity contribution in [3.05, 3.63) is 6.04 Å². The van der Waals surface area contributed by atoms with Crippen molar-refractivity contribution >= 4 is 11.8 Å². The molecule has 0 spiro atoms. The van der Waals surface area contributed by atoms with Crippen LogP contribution in [-0.2, 0) is 0 Å². The van der Waals surface area contributed by atoms with Gasteiger partial charge in [-0.3, -0.25) is 0 Å². The predicted molar refractivity (Wildman–Crippen MR) is 32.1 cm³/mol. The summed E-state index contributed by atoms with van der Waals surface area (Å²) in [5, 5.41) is 4.29. The van der Waals surface area contributed by atoms with Gasteiger partial charge >= 0.3 is 0 Å². The van der Waals surface area contributed by atoms with Gasteiger partial charge in [-0.2, -0.15) is 11.8 Å². The average molecular weight is 114 g/mol. The van der Waals surface area contributed by atoms with Gasteiger partial charge in [0.25, 0.3) is 0 Å². The molecular weight excluding hydrogens is 106 g/mol. The largest absolute Gasteiger partial charge is 0.308 e. The lowest BCUT2D eigenvalue weighted by molar-refractivity contribution is 0.829. The molecule has 2 heterocycles. The zero-order valence-corrected chi connectivity index (χ0v) is 4.92. The number of nitrogens with one attached hydrogen (secondary N) is 1. The zero-order valence-electron chi connectivity index (χ0n) is 4.11. The van der Waals surface area contributed by atoms with E-state index in [2.05, 4.69) is 17.1 Å². The molecule has 2 rings (SSSR count). The lowest BCUT2D eigenvalue weighted by Crippen LogP contribution is -2.20. The van der Waals surface area contributed by atoms with Gasteiger partial charge in [-0.1, -0.05) is 0 Å². The van der Waals surface area contributed by atoms with Crippen LogP contribution in [0.1, 0.15) is 6.42 Å². The maximum Gasteiger partial charge on any atom is 0.0475 e. The molecule has 0 amide bonds. The fourth-order valence-corrected chi connectivity index (χ4v) is 2.30. The van der Waals surface area contributed by atoms with Gasteiger partial charge in [-0.05, 0) is 6.42 Å². The predicted octanol–water partition coefficient (Wildman–Crippen LogP) is 0.627. The minimum absolute atomic E-state index is 0.940. The fourth-order valence-electron chi connectivity index (χ4n) is 1.12. The monoisotopic (exact) mass is 114 g/mol. The Morgan fingerprint density at radius 2 is 2.71 bits per heavy atom. The number of fused-ring (bicyclic) bond motifs is 2. The van der Waals surface area contributed by atoms with E-state index >= 15 is 0 Å². The summed E-state index contributed by atoms with van der Waals surface area (Å²) in [5.41, 5.74) is 0. The number of thioether (sulfide) groups is 1. The van der Waals surface area contributed by atoms with Crippen LogP contribution in [0.2, 0.25) is 0 Å². The first-order valence-corrected chi connectivity index (χ1v) is 3.70.